The minimum absolute atomic E-state index is 0.0908. The molecule has 0 fully saturated rings. The van der Waals surface area contributed by atoms with Gasteiger partial charge in [0.2, 0.25) is 0 Å². The van der Waals surface area contributed by atoms with Crippen molar-refractivity contribution in [3.8, 4) is 10.4 Å². The van der Waals surface area contributed by atoms with Crippen molar-refractivity contribution in [2.75, 3.05) is 12.4 Å². The number of thiophene rings is 2. The summed E-state index contributed by atoms with van der Waals surface area (Å²) in [6.45, 7) is 6.06. The minimum atomic E-state index is -0.479. The molecule has 4 heterocycles. The first-order valence-electron chi connectivity index (χ1n) is 10.1. The predicted molar refractivity (Wildman–Crippen MR) is 128 cm³/mol. The summed E-state index contributed by atoms with van der Waals surface area (Å²) in [5, 5.41) is 10.5. The number of carbonyl (C=O) groups is 2. The number of carbonyl (C=O) groups excluding carboxylic acids is 2. The second-order valence-corrected chi connectivity index (χ2v) is 9.72. The van der Waals surface area contributed by atoms with Gasteiger partial charge in [-0.3, -0.25) is 9.36 Å². The molecule has 1 aliphatic heterocycles. The molecule has 2 amide bonds. The van der Waals surface area contributed by atoms with Gasteiger partial charge in [0.15, 0.2) is 5.16 Å². The van der Waals surface area contributed by atoms with Gasteiger partial charge in [0.25, 0.3) is 5.56 Å². The van der Waals surface area contributed by atoms with Gasteiger partial charge in [-0.1, -0.05) is 17.8 Å². The summed E-state index contributed by atoms with van der Waals surface area (Å²) in [4.78, 5) is 44.2. The van der Waals surface area contributed by atoms with E-state index in [1.54, 1.807) is 29.8 Å². The van der Waals surface area contributed by atoms with Gasteiger partial charge < -0.3 is 15.4 Å². The Kier molecular flexibility index (Phi) is 6.68. The number of urea groups is 1. The Morgan fingerprint density at radius 3 is 2.81 bits per heavy atom. The van der Waals surface area contributed by atoms with Gasteiger partial charge in [-0.2, -0.15) is 0 Å². The molecule has 3 aromatic heterocycles. The molecule has 0 saturated heterocycles. The van der Waals surface area contributed by atoms with Crippen LogP contribution in [0.4, 0.5) is 4.79 Å². The molecule has 0 aliphatic carbocycles. The van der Waals surface area contributed by atoms with E-state index in [0.717, 1.165) is 10.4 Å². The third-order valence-electron chi connectivity index (χ3n) is 4.97. The van der Waals surface area contributed by atoms with Crippen molar-refractivity contribution in [1.29, 1.82) is 0 Å². The molecule has 4 rings (SSSR count). The molecular weight excluding hydrogens is 468 g/mol. The van der Waals surface area contributed by atoms with E-state index in [2.05, 4.69) is 10.6 Å². The monoisotopic (exact) mass is 490 g/mol. The van der Waals surface area contributed by atoms with E-state index in [9.17, 15) is 14.4 Å². The maximum atomic E-state index is 13.3. The first-order chi connectivity index (χ1) is 15.4. The highest BCUT2D eigenvalue weighted by Crippen LogP contribution is 2.35. The van der Waals surface area contributed by atoms with Crippen LogP contribution in [0.25, 0.3) is 20.7 Å². The number of hydrogen-bond donors (Lipinski definition) is 2. The van der Waals surface area contributed by atoms with Crippen molar-refractivity contribution >= 4 is 56.7 Å². The number of fused-ring (bicyclic) bond motifs is 1. The molecule has 0 aromatic carbocycles. The lowest BCUT2D eigenvalue weighted by Gasteiger charge is -2.26. The normalized spacial score (nSPS) is 16.2. The van der Waals surface area contributed by atoms with Crippen LogP contribution in [0.1, 0.15) is 20.8 Å². The molecule has 0 radical (unpaired) electrons. The molecule has 0 bridgehead atoms. The lowest BCUT2D eigenvalue weighted by molar-refractivity contribution is -0.138. The standard InChI is InChI=1S/C21H22N4O4S3/c1-4-25-18(26)16-12(14-7-6-8-30-14)9-31-17(16)24-21(25)32-10-13-15(19(27)29-5-2)11(3)22-20(28)23-13/h6-9,11H,4-5,10H2,1-3H3,(H2,22,23,28)/t11-/m0/s1. The summed E-state index contributed by atoms with van der Waals surface area (Å²) in [5.74, 6) is -0.203. The van der Waals surface area contributed by atoms with Crippen LogP contribution in [0.5, 0.6) is 0 Å². The largest absolute Gasteiger partial charge is 0.463 e. The number of thioether (sulfide) groups is 1. The van der Waals surface area contributed by atoms with E-state index in [1.165, 1.54) is 23.1 Å². The highest BCUT2D eigenvalue weighted by Gasteiger charge is 2.30. The van der Waals surface area contributed by atoms with Gasteiger partial charge in [0.05, 0.1) is 23.6 Å². The van der Waals surface area contributed by atoms with Crippen molar-refractivity contribution in [3.05, 3.63) is 44.5 Å². The van der Waals surface area contributed by atoms with Gasteiger partial charge >= 0.3 is 12.0 Å². The first kappa shape index (κ1) is 22.6. The summed E-state index contributed by atoms with van der Waals surface area (Å²) < 4.78 is 6.80. The van der Waals surface area contributed by atoms with E-state index in [4.69, 9.17) is 9.72 Å². The molecule has 1 atom stereocenters. The van der Waals surface area contributed by atoms with E-state index in [0.29, 0.717) is 33.2 Å². The van der Waals surface area contributed by atoms with Crippen molar-refractivity contribution in [2.45, 2.75) is 38.5 Å². The number of aromatic nitrogens is 2. The van der Waals surface area contributed by atoms with E-state index in [-0.39, 0.29) is 24.0 Å². The number of hydrogen-bond acceptors (Lipinski definition) is 8. The molecular formula is C21H22N4O4S3. The molecule has 32 heavy (non-hydrogen) atoms. The molecule has 11 heteroatoms. The SMILES string of the molecule is CCOC(=O)C1=C(CSc2nc3scc(-c4cccs4)c3c(=O)n2CC)NC(=O)N[C@H]1C. The van der Waals surface area contributed by atoms with Crippen LogP contribution in [0.2, 0.25) is 0 Å². The first-order valence-corrected chi connectivity index (χ1v) is 12.8. The van der Waals surface area contributed by atoms with Gasteiger partial charge in [-0.25, -0.2) is 14.6 Å². The van der Waals surface area contributed by atoms with Crippen LogP contribution >= 0.6 is 34.4 Å². The van der Waals surface area contributed by atoms with Gasteiger partial charge in [-0.05, 0) is 32.2 Å². The molecule has 0 unspecified atom stereocenters. The average molecular weight is 491 g/mol. The maximum absolute atomic E-state index is 13.3. The number of esters is 1. The fourth-order valence-electron chi connectivity index (χ4n) is 3.54. The van der Waals surface area contributed by atoms with Gasteiger partial charge in [0, 0.05) is 33.8 Å². The minimum Gasteiger partial charge on any atom is -0.463 e. The maximum Gasteiger partial charge on any atom is 0.337 e. The summed E-state index contributed by atoms with van der Waals surface area (Å²) in [6, 6.07) is 3.10. The quantitative estimate of drug-likeness (QED) is 0.297. The molecule has 0 saturated carbocycles. The molecule has 8 nitrogen and oxygen atoms in total. The molecule has 1 aliphatic rings. The third-order valence-corrected chi connectivity index (χ3v) is 7.75. The number of nitrogens with zero attached hydrogens (tertiary/aromatic N) is 2. The van der Waals surface area contributed by atoms with Crippen LogP contribution < -0.4 is 16.2 Å². The topological polar surface area (TPSA) is 102 Å². The molecule has 2 N–H and O–H groups in total. The Morgan fingerprint density at radius 1 is 1.31 bits per heavy atom. The lowest BCUT2D eigenvalue weighted by Crippen LogP contribution is -2.49. The lowest BCUT2D eigenvalue weighted by atomic mass is 10.1. The van der Waals surface area contributed by atoms with E-state index >= 15 is 0 Å². The third kappa shape index (κ3) is 4.19. The Morgan fingerprint density at radius 2 is 2.12 bits per heavy atom. The predicted octanol–water partition coefficient (Wildman–Crippen LogP) is 3.82. The van der Waals surface area contributed by atoms with E-state index < -0.39 is 12.0 Å². The zero-order chi connectivity index (χ0) is 22.8. The Balaban J connectivity index is 1.71. The second kappa shape index (κ2) is 9.47. The molecule has 0 spiro atoms. The average Bonchev–Trinajstić information content (AvgIpc) is 3.41. The fraction of sp³-hybridized carbons (Fsp3) is 0.333. The summed E-state index contributed by atoms with van der Waals surface area (Å²) in [7, 11) is 0. The number of ether oxygens (including phenoxy) is 1. The van der Waals surface area contributed by atoms with Crippen LogP contribution in [0.3, 0.4) is 0 Å². The number of nitrogens with one attached hydrogen (secondary N) is 2. The molecule has 168 valence electrons. The van der Waals surface area contributed by atoms with Crippen molar-refractivity contribution < 1.29 is 14.3 Å². The van der Waals surface area contributed by atoms with Crippen molar-refractivity contribution in [2.24, 2.45) is 0 Å². The van der Waals surface area contributed by atoms with Crippen molar-refractivity contribution in [3.63, 3.8) is 0 Å². The summed E-state index contributed by atoms with van der Waals surface area (Å²) in [5.41, 5.74) is 1.66. The zero-order valence-electron chi connectivity index (χ0n) is 17.8. The Bertz CT molecular complexity index is 1260. The number of rotatable bonds is 7. The highest BCUT2D eigenvalue weighted by molar-refractivity contribution is 7.99. The van der Waals surface area contributed by atoms with Gasteiger partial charge in [-0.15, -0.1) is 22.7 Å². The van der Waals surface area contributed by atoms with Crippen LogP contribution in [0.15, 0.2) is 44.1 Å². The molecule has 3 aromatic rings. The fourth-order valence-corrected chi connectivity index (χ4v) is 6.37. The zero-order valence-corrected chi connectivity index (χ0v) is 20.2. The van der Waals surface area contributed by atoms with Crippen molar-refractivity contribution in [1.82, 2.24) is 20.2 Å². The Labute approximate surface area is 196 Å². The smallest absolute Gasteiger partial charge is 0.337 e. The van der Waals surface area contributed by atoms with E-state index in [1.807, 2.05) is 29.8 Å². The number of amides is 2. The highest BCUT2D eigenvalue weighted by atomic mass is 32.2. The van der Waals surface area contributed by atoms with Crippen LogP contribution in [-0.4, -0.2) is 40.0 Å². The van der Waals surface area contributed by atoms with Crippen LogP contribution in [0, 0.1) is 0 Å². The summed E-state index contributed by atoms with van der Waals surface area (Å²) in [6.07, 6.45) is 0. The van der Waals surface area contributed by atoms with Crippen LogP contribution in [-0.2, 0) is 16.1 Å². The van der Waals surface area contributed by atoms with Gasteiger partial charge in [0.1, 0.15) is 4.83 Å². The Hall–Kier alpha value is -2.63. The second-order valence-electron chi connectivity index (χ2n) is 6.97. The summed E-state index contributed by atoms with van der Waals surface area (Å²) >= 11 is 4.33.